The predicted octanol–water partition coefficient (Wildman–Crippen LogP) is 2.27. The van der Waals surface area contributed by atoms with Gasteiger partial charge in [-0.15, -0.1) is 0 Å². The Morgan fingerprint density at radius 2 is 1.44 bits per heavy atom. The van der Waals surface area contributed by atoms with Gasteiger partial charge >= 0.3 is 0 Å². The summed E-state index contributed by atoms with van der Waals surface area (Å²) in [6.07, 6.45) is 0.784. The Hall–Kier alpha value is -4.57. The number of nitrogens with one attached hydrogen (secondary N) is 1. The van der Waals surface area contributed by atoms with Crippen LogP contribution in [0.15, 0.2) is 36.4 Å². The second-order valence-electron chi connectivity index (χ2n) is 10.1. The maximum atomic E-state index is 13.2. The Morgan fingerprint density at radius 3 is 2.00 bits per heavy atom. The van der Waals surface area contributed by atoms with Crippen molar-refractivity contribution in [1.82, 2.24) is 14.5 Å². The van der Waals surface area contributed by atoms with Crippen molar-refractivity contribution in [2.75, 3.05) is 0 Å². The number of hydrogen-bond donors (Lipinski definition) is 5. The van der Waals surface area contributed by atoms with Gasteiger partial charge in [-0.25, -0.2) is 0 Å². The van der Waals surface area contributed by atoms with Crippen molar-refractivity contribution in [3.8, 4) is 11.5 Å². The van der Waals surface area contributed by atoms with Crippen molar-refractivity contribution in [2.45, 2.75) is 30.5 Å². The molecule has 8 rings (SSSR count). The molecule has 3 aliphatic rings. The number of amides is 3. The maximum absolute atomic E-state index is 13.2. The monoisotopic (exact) mass is 481 g/mol. The molecule has 7 N–H and O–H groups in total. The summed E-state index contributed by atoms with van der Waals surface area (Å²) in [6, 6.07) is 9.04. The molecule has 4 heterocycles. The Kier molecular flexibility index (Phi) is 3.17. The molecule has 3 amide bonds. The number of rotatable bonds is 1. The van der Waals surface area contributed by atoms with Crippen LogP contribution in [0.25, 0.3) is 43.6 Å². The number of primary amides is 1. The van der Waals surface area contributed by atoms with E-state index in [1.807, 2.05) is 4.57 Å². The number of fused-ring (bicyclic) bond motifs is 13. The summed E-state index contributed by atoms with van der Waals surface area (Å²) in [5.74, 6) is -1.64. The first-order chi connectivity index (χ1) is 17.2. The average Bonchev–Trinajstić information content (AvgIpc) is 3.49. The number of benzene rings is 3. The Morgan fingerprint density at radius 1 is 0.917 bits per heavy atom. The fourth-order valence-electron chi connectivity index (χ4n) is 7.09. The molecule has 3 atom stereocenters. The molecule has 0 spiro atoms. The molecule has 36 heavy (non-hydrogen) atoms. The second-order valence-corrected chi connectivity index (χ2v) is 10.1. The van der Waals surface area contributed by atoms with E-state index in [0.29, 0.717) is 39.0 Å². The molecular formula is C26H19N5O5. The lowest BCUT2D eigenvalue weighted by atomic mass is 9.92. The Balaban J connectivity index is 1.76. The first kappa shape index (κ1) is 19.7. The Labute approximate surface area is 201 Å². The minimum atomic E-state index is -1.37. The highest BCUT2D eigenvalue weighted by atomic mass is 16.3. The van der Waals surface area contributed by atoms with Gasteiger partial charge in [0, 0.05) is 38.6 Å². The van der Waals surface area contributed by atoms with Crippen LogP contribution in [0.1, 0.15) is 45.6 Å². The van der Waals surface area contributed by atoms with Crippen LogP contribution in [0.5, 0.6) is 11.5 Å². The molecule has 1 saturated carbocycles. The van der Waals surface area contributed by atoms with Crippen molar-refractivity contribution >= 4 is 61.3 Å². The van der Waals surface area contributed by atoms with Crippen molar-refractivity contribution in [1.29, 1.82) is 0 Å². The number of nitrogens with two attached hydrogens (primary N) is 2. The van der Waals surface area contributed by atoms with Crippen LogP contribution in [-0.4, -0.2) is 42.6 Å². The summed E-state index contributed by atoms with van der Waals surface area (Å²) in [5.41, 5.74) is 14.5. The average molecular weight is 481 g/mol. The second kappa shape index (κ2) is 5.80. The molecule has 178 valence electrons. The van der Waals surface area contributed by atoms with Crippen molar-refractivity contribution < 1.29 is 24.6 Å². The molecule has 0 radical (unpaired) electrons. The summed E-state index contributed by atoms with van der Waals surface area (Å²) < 4.78 is 4.05. The number of nitrogens with zero attached hydrogens (tertiary/aromatic N) is 2. The molecule has 0 saturated heterocycles. The van der Waals surface area contributed by atoms with E-state index in [-0.39, 0.29) is 35.1 Å². The van der Waals surface area contributed by atoms with Gasteiger partial charge in [0.05, 0.1) is 28.2 Å². The lowest BCUT2D eigenvalue weighted by Gasteiger charge is -2.31. The van der Waals surface area contributed by atoms with Crippen LogP contribution in [0, 0.1) is 0 Å². The summed E-state index contributed by atoms with van der Waals surface area (Å²) >= 11 is 0. The number of aromatic hydroxyl groups is 2. The van der Waals surface area contributed by atoms with E-state index in [0.717, 1.165) is 11.0 Å². The number of hydrogen-bond acceptors (Lipinski definition) is 6. The van der Waals surface area contributed by atoms with Gasteiger partial charge in [-0.1, -0.05) is 0 Å². The molecule has 2 aliphatic heterocycles. The van der Waals surface area contributed by atoms with Crippen LogP contribution < -0.4 is 16.8 Å². The van der Waals surface area contributed by atoms with Crippen LogP contribution >= 0.6 is 0 Å². The van der Waals surface area contributed by atoms with E-state index in [2.05, 4.69) is 9.88 Å². The summed E-state index contributed by atoms with van der Waals surface area (Å²) in [4.78, 5) is 39.2. The predicted molar refractivity (Wildman–Crippen MR) is 131 cm³/mol. The molecule has 10 heteroatoms. The van der Waals surface area contributed by atoms with Gasteiger partial charge in [0.25, 0.3) is 11.8 Å². The number of phenolic OH excluding ortho intramolecular Hbond substituents is 2. The zero-order chi connectivity index (χ0) is 24.8. The number of carbonyl (C=O) groups excluding carboxylic acids is 3. The van der Waals surface area contributed by atoms with Gasteiger partial charge < -0.3 is 30.8 Å². The van der Waals surface area contributed by atoms with Crippen molar-refractivity contribution in [3.05, 3.63) is 47.5 Å². The summed E-state index contributed by atoms with van der Waals surface area (Å²) in [7, 11) is 0. The minimum absolute atomic E-state index is 0.000801. The standard InChI is InChI=1S/C26H19N5O5/c27-25(36)26(28)8-9-5-16(26)31-15-4-2-11(33)7-13(15)18-20-19(23(34)29-24(20)35)17-12-6-10(32)1-3-14(12)30(9)21(17)22(18)31/h1-4,6-7,9,16,32-33H,5,8,28H2,(H2,27,36)(H,29,34,35)/t9-,16?,26-/m0/s1. The van der Waals surface area contributed by atoms with Gasteiger partial charge in [0.1, 0.15) is 17.0 Å². The molecule has 1 fully saturated rings. The molecule has 2 aromatic heterocycles. The quantitative estimate of drug-likeness (QED) is 0.230. The number of imide groups is 1. The molecule has 5 aromatic rings. The van der Waals surface area contributed by atoms with E-state index in [1.165, 1.54) is 0 Å². The fourth-order valence-corrected chi connectivity index (χ4v) is 7.09. The third-order valence-electron chi connectivity index (χ3n) is 8.43. The fraction of sp³-hybridized carbons (Fsp3) is 0.192. The Bertz CT molecular complexity index is 1950. The topological polar surface area (TPSA) is 166 Å². The third-order valence-corrected chi connectivity index (χ3v) is 8.43. The minimum Gasteiger partial charge on any atom is -0.508 e. The van der Waals surface area contributed by atoms with Crippen molar-refractivity contribution in [3.63, 3.8) is 0 Å². The molecule has 2 bridgehead atoms. The van der Waals surface area contributed by atoms with E-state index < -0.39 is 29.3 Å². The lowest BCUT2D eigenvalue weighted by molar-refractivity contribution is -0.124. The van der Waals surface area contributed by atoms with E-state index in [4.69, 9.17) is 11.5 Å². The first-order valence-electron chi connectivity index (χ1n) is 11.6. The molecule has 1 aliphatic carbocycles. The van der Waals surface area contributed by atoms with E-state index in [1.54, 1.807) is 36.4 Å². The van der Waals surface area contributed by atoms with Gasteiger partial charge in [0.15, 0.2) is 0 Å². The van der Waals surface area contributed by atoms with Crippen molar-refractivity contribution in [2.24, 2.45) is 11.5 Å². The lowest BCUT2D eigenvalue weighted by Crippen LogP contribution is -2.55. The van der Waals surface area contributed by atoms with Crippen LogP contribution in [0.3, 0.4) is 0 Å². The molecule has 10 nitrogen and oxygen atoms in total. The molecular weight excluding hydrogens is 462 g/mol. The summed E-state index contributed by atoms with van der Waals surface area (Å²) in [5, 5.41) is 25.4. The number of carbonyl (C=O) groups is 3. The SMILES string of the molecule is NC(=O)[C@]1(N)C[C@@H]2CC1n1c3ccc(O)cc3c3c4c(c5c6cc(O)ccc6n2c5c31)C(=O)NC4=O. The van der Waals surface area contributed by atoms with Gasteiger partial charge in [-0.2, -0.15) is 0 Å². The zero-order valence-electron chi connectivity index (χ0n) is 18.7. The van der Waals surface area contributed by atoms with Crippen LogP contribution in [0.2, 0.25) is 0 Å². The highest BCUT2D eigenvalue weighted by molar-refractivity contribution is 6.39. The van der Waals surface area contributed by atoms with Gasteiger partial charge in [-0.05, 0) is 49.2 Å². The largest absolute Gasteiger partial charge is 0.508 e. The summed E-state index contributed by atoms with van der Waals surface area (Å²) in [6.45, 7) is 0. The normalized spacial score (nSPS) is 24.4. The molecule has 3 aromatic carbocycles. The number of aromatic nitrogens is 2. The third kappa shape index (κ3) is 1.95. The van der Waals surface area contributed by atoms with Crippen LogP contribution in [0.4, 0.5) is 0 Å². The smallest absolute Gasteiger partial charge is 0.259 e. The van der Waals surface area contributed by atoms with E-state index >= 15 is 0 Å². The van der Waals surface area contributed by atoms with Gasteiger partial charge in [0.2, 0.25) is 5.91 Å². The molecule has 1 unspecified atom stereocenters. The van der Waals surface area contributed by atoms with E-state index in [9.17, 15) is 24.6 Å². The highest BCUT2D eigenvalue weighted by Crippen LogP contribution is 2.56. The number of phenols is 2. The van der Waals surface area contributed by atoms with Gasteiger partial charge in [-0.3, -0.25) is 19.7 Å². The first-order valence-corrected chi connectivity index (χ1v) is 11.6. The highest BCUT2D eigenvalue weighted by Gasteiger charge is 2.54. The maximum Gasteiger partial charge on any atom is 0.259 e. The van der Waals surface area contributed by atoms with Crippen LogP contribution in [-0.2, 0) is 4.79 Å². The zero-order valence-corrected chi connectivity index (χ0v) is 18.7.